The monoisotopic (exact) mass is 562 g/mol. The van der Waals surface area contributed by atoms with Gasteiger partial charge in [0.15, 0.2) is 6.10 Å². The SMILES string of the molecule is CCCCCC[C@@H](C)OC(=O)c1ccc(OC(=O)C2(OC(=O)[C@H](C)OCCC)C=CC(c3ccccc3)=CC2)cc1. The highest BCUT2D eigenvalue weighted by molar-refractivity contribution is 5.92. The molecule has 0 fully saturated rings. The van der Waals surface area contributed by atoms with Gasteiger partial charge in [0.1, 0.15) is 5.75 Å². The predicted molar refractivity (Wildman–Crippen MR) is 158 cm³/mol. The second kappa shape index (κ2) is 15.9. The summed E-state index contributed by atoms with van der Waals surface area (Å²) >= 11 is 0. The lowest BCUT2D eigenvalue weighted by molar-refractivity contribution is -0.178. The maximum absolute atomic E-state index is 13.5. The van der Waals surface area contributed by atoms with E-state index in [1.807, 2.05) is 50.3 Å². The van der Waals surface area contributed by atoms with E-state index in [1.54, 1.807) is 31.2 Å². The van der Waals surface area contributed by atoms with Crippen molar-refractivity contribution in [1.82, 2.24) is 0 Å². The first-order valence-electron chi connectivity index (χ1n) is 14.6. The molecular formula is C34H42O7. The van der Waals surface area contributed by atoms with Gasteiger partial charge in [0.2, 0.25) is 5.60 Å². The van der Waals surface area contributed by atoms with Gasteiger partial charge < -0.3 is 18.9 Å². The van der Waals surface area contributed by atoms with Crippen LogP contribution in [0.1, 0.15) is 88.6 Å². The minimum atomic E-state index is -1.66. The molecule has 1 unspecified atom stereocenters. The van der Waals surface area contributed by atoms with E-state index in [0.717, 1.165) is 43.2 Å². The van der Waals surface area contributed by atoms with E-state index in [4.69, 9.17) is 18.9 Å². The summed E-state index contributed by atoms with van der Waals surface area (Å²) in [6, 6.07) is 15.9. The van der Waals surface area contributed by atoms with E-state index in [2.05, 4.69) is 6.92 Å². The summed E-state index contributed by atoms with van der Waals surface area (Å²) in [4.78, 5) is 38.9. The lowest BCUT2D eigenvalue weighted by Crippen LogP contribution is -2.47. The topological polar surface area (TPSA) is 88.1 Å². The molecule has 0 saturated heterocycles. The van der Waals surface area contributed by atoms with Gasteiger partial charge in [-0.05, 0) is 74.6 Å². The summed E-state index contributed by atoms with van der Waals surface area (Å²) in [5.41, 5.74) is 0.586. The molecule has 0 radical (unpaired) electrons. The second-order valence-corrected chi connectivity index (χ2v) is 10.4. The van der Waals surface area contributed by atoms with Crippen molar-refractivity contribution in [3.63, 3.8) is 0 Å². The third-order valence-electron chi connectivity index (χ3n) is 6.87. The smallest absolute Gasteiger partial charge is 0.360 e. The van der Waals surface area contributed by atoms with Crippen LogP contribution in [0, 0.1) is 0 Å². The van der Waals surface area contributed by atoms with Crippen molar-refractivity contribution >= 4 is 23.5 Å². The Hall–Kier alpha value is -3.71. The molecule has 1 aliphatic carbocycles. The van der Waals surface area contributed by atoms with Crippen LogP contribution in [0.25, 0.3) is 5.57 Å². The molecule has 0 bridgehead atoms. The average Bonchev–Trinajstić information content (AvgIpc) is 2.99. The second-order valence-electron chi connectivity index (χ2n) is 10.4. The van der Waals surface area contributed by atoms with Gasteiger partial charge >= 0.3 is 17.9 Å². The van der Waals surface area contributed by atoms with Crippen LogP contribution in [0.5, 0.6) is 5.75 Å². The number of hydrogen-bond donors (Lipinski definition) is 0. The summed E-state index contributed by atoms with van der Waals surface area (Å²) in [6.45, 7) is 7.99. The maximum atomic E-state index is 13.5. The van der Waals surface area contributed by atoms with Gasteiger partial charge in [0.05, 0.1) is 11.7 Å². The molecule has 3 rings (SSSR count). The van der Waals surface area contributed by atoms with Crippen LogP contribution in [0.15, 0.2) is 72.8 Å². The van der Waals surface area contributed by atoms with Crippen LogP contribution in [-0.2, 0) is 23.8 Å². The van der Waals surface area contributed by atoms with Crippen LogP contribution < -0.4 is 4.74 Å². The normalized spacial score (nSPS) is 17.7. The number of unbranched alkanes of at least 4 members (excludes halogenated alkanes) is 3. The Balaban J connectivity index is 1.69. The molecule has 7 nitrogen and oxygen atoms in total. The Morgan fingerprint density at radius 1 is 0.902 bits per heavy atom. The molecule has 0 spiro atoms. The van der Waals surface area contributed by atoms with E-state index in [-0.39, 0.29) is 18.3 Å². The van der Waals surface area contributed by atoms with Crippen LogP contribution in [-0.4, -0.2) is 42.3 Å². The predicted octanol–water partition coefficient (Wildman–Crippen LogP) is 7.25. The molecule has 220 valence electrons. The summed E-state index contributed by atoms with van der Waals surface area (Å²) in [5, 5.41) is 0. The summed E-state index contributed by atoms with van der Waals surface area (Å²) in [6.07, 6.45) is 10.3. The van der Waals surface area contributed by atoms with Crippen LogP contribution in [0.2, 0.25) is 0 Å². The van der Waals surface area contributed by atoms with Crippen molar-refractivity contribution in [3.05, 3.63) is 84.0 Å². The molecule has 0 saturated carbocycles. The zero-order valence-corrected chi connectivity index (χ0v) is 24.6. The molecule has 2 aromatic carbocycles. The van der Waals surface area contributed by atoms with Gasteiger partial charge in [-0.3, -0.25) is 0 Å². The average molecular weight is 563 g/mol. The standard InChI is InChI=1S/C34H42O7/c1-5-7-8-10-13-25(3)39-32(36)29-16-18-30(19-17-29)40-33(37)34(41-31(35)26(4)38-24-6-2)22-20-28(21-23-34)27-14-11-9-12-15-27/h9,11-12,14-22,25-26H,5-8,10,13,23-24H2,1-4H3/t25-,26+,34?/m1/s1. The van der Waals surface area contributed by atoms with Gasteiger partial charge in [0.25, 0.3) is 0 Å². The fourth-order valence-corrected chi connectivity index (χ4v) is 4.38. The Morgan fingerprint density at radius 2 is 1.63 bits per heavy atom. The number of benzene rings is 2. The Morgan fingerprint density at radius 3 is 2.27 bits per heavy atom. The molecule has 0 heterocycles. The number of ether oxygens (including phenoxy) is 4. The zero-order valence-electron chi connectivity index (χ0n) is 24.6. The summed E-state index contributed by atoms with van der Waals surface area (Å²) in [7, 11) is 0. The van der Waals surface area contributed by atoms with Crippen molar-refractivity contribution in [2.75, 3.05) is 6.61 Å². The van der Waals surface area contributed by atoms with Gasteiger partial charge in [-0.1, -0.05) is 75.6 Å². The van der Waals surface area contributed by atoms with Crippen molar-refractivity contribution in [3.8, 4) is 5.75 Å². The van der Waals surface area contributed by atoms with Crippen molar-refractivity contribution in [2.45, 2.75) is 90.4 Å². The maximum Gasteiger partial charge on any atom is 0.360 e. The number of hydrogen-bond acceptors (Lipinski definition) is 7. The Labute approximate surface area is 243 Å². The Kier molecular flexibility index (Phi) is 12.3. The number of carbonyl (C=O) groups excluding carboxylic acids is 3. The number of allylic oxidation sites excluding steroid dienone is 2. The molecule has 2 aromatic rings. The van der Waals surface area contributed by atoms with Gasteiger partial charge in [-0.15, -0.1) is 0 Å². The molecule has 1 aliphatic rings. The van der Waals surface area contributed by atoms with Gasteiger partial charge in [-0.2, -0.15) is 0 Å². The van der Waals surface area contributed by atoms with Gasteiger partial charge in [-0.25, -0.2) is 14.4 Å². The molecule has 0 amide bonds. The van der Waals surface area contributed by atoms with Crippen LogP contribution >= 0.6 is 0 Å². The van der Waals surface area contributed by atoms with Crippen molar-refractivity contribution in [1.29, 1.82) is 0 Å². The molecule has 0 N–H and O–H groups in total. The largest absolute Gasteiger partial charge is 0.459 e. The zero-order chi connectivity index (χ0) is 29.7. The van der Waals surface area contributed by atoms with E-state index in [9.17, 15) is 14.4 Å². The first kappa shape index (κ1) is 31.8. The van der Waals surface area contributed by atoms with E-state index < -0.39 is 29.6 Å². The first-order chi connectivity index (χ1) is 19.8. The lowest BCUT2D eigenvalue weighted by atomic mass is 9.89. The fourth-order valence-electron chi connectivity index (χ4n) is 4.38. The first-order valence-corrected chi connectivity index (χ1v) is 14.6. The fraction of sp³-hybridized carbons (Fsp3) is 0.441. The van der Waals surface area contributed by atoms with Crippen molar-refractivity contribution in [2.24, 2.45) is 0 Å². The van der Waals surface area contributed by atoms with Crippen molar-refractivity contribution < 1.29 is 33.3 Å². The van der Waals surface area contributed by atoms with E-state index in [0.29, 0.717) is 12.2 Å². The van der Waals surface area contributed by atoms with E-state index in [1.165, 1.54) is 18.6 Å². The highest BCUT2D eigenvalue weighted by atomic mass is 16.6. The van der Waals surface area contributed by atoms with E-state index >= 15 is 0 Å². The molecule has 7 heteroatoms. The van der Waals surface area contributed by atoms with Gasteiger partial charge in [0, 0.05) is 13.0 Å². The van der Waals surface area contributed by atoms with Crippen LogP contribution in [0.3, 0.4) is 0 Å². The quantitative estimate of drug-likeness (QED) is 0.128. The molecule has 0 aliphatic heterocycles. The minimum Gasteiger partial charge on any atom is -0.459 e. The number of rotatable bonds is 15. The Bertz CT molecular complexity index is 1200. The highest BCUT2D eigenvalue weighted by Crippen LogP contribution is 2.32. The lowest BCUT2D eigenvalue weighted by Gasteiger charge is -2.31. The van der Waals surface area contributed by atoms with Crippen LogP contribution in [0.4, 0.5) is 0 Å². The molecule has 3 atom stereocenters. The minimum absolute atomic E-state index is 0.0966. The number of esters is 3. The third-order valence-corrected chi connectivity index (χ3v) is 6.87. The highest BCUT2D eigenvalue weighted by Gasteiger charge is 2.44. The summed E-state index contributed by atoms with van der Waals surface area (Å²) in [5.74, 6) is -1.61. The molecule has 41 heavy (non-hydrogen) atoms. The number of carbonyl (C=O) groups is 3. The third kappa shape index (κ3) is 9.42. The molecular weight excluding hydrogens is 520 g/mol. The molecule has 0 aromatic heterocycles. The summed E-state index contributed by atoms with van der Waals surface area (Å²) < 4.78 is 22.5.